The molecule has 6 heteroatoms. The van der Waals surface area contributed by atoms with Gasteiger partial charge in [-0.3, -0.25) is 14.6 Å². The van der Waals surface area contributed by atoms with Crippen LogP contribution >= 0.6 is 11.6 Å². The topological polar surface area (TPSA) is 62.3 Å². The Morgan fingerprint density at radius 2 is 1.80 bits per heavy atom. The molecule has 1 aromatic heterocycles. The van der Waals surface area contributed by atoms with Gasteiger partial charge in [-0.15, -0.1) is 0 Å². The number of benzene rings is 2. The highest BCUT2D eigenvalue weighted by atomic mass is 35.5. The molecule has 0 unspecified atom stereocenters. The Morgan fingerprint density at radius 1 is 1.03 bits per heavy atom. The Labute approximate surface area is 180 Å². The quantitative estimate of drug-likeness (QED) is 0.651. The number of rotatable bonds is 2. The van der Waals surface area contributed by atoms with Gasteiger partial charge < -0.3 is 10.2 Å². The largest absolute Gasteiger partial charge is 0.355 e. The zero-order chi connectivity index (χ0) is 21.3. The lowest BCUT2D eigenvalue weighted by Crippen LogP contribution is -2.29. The minimum atomic E-state index is -0.171. The van der Waals surface area contributed by atoms with E-state index in [1.54, 1.807) is 24.1 Å². The van der Waals surface area contributed by atoms with Crippen molar-refractivity contribution in [2.24, 2.45) is 0 Å². The molecule has 2 heterocycles. The van der Waals surface area contributed by atoms with E-state index in [0.29, 0.717) is 22.8 Å². The van der Waals surface area contributed by atoms with Crippen molar-refractivity contribution in [3.05, 3.63) is 82.0 Å². The summed E-state index contributed by atoms with van der Waals surface area (Å²) in [6.07, 6.45) is 3.92. The van der Waals surface area contributed by atoms with E-state index in [2.05, 4.69) is 5.32 Å². The molecule has 30 heavy (non-hydrogen) atoms. The standard InChI is InChI=1S/C24H20ClN3O2/c1-15(29)28-14-22-16(7-8-17-13-18(25)10-12-23(17)28)9-11-21(27-22)19-5-3-4-6-20(19)24(30)26-2/h3-13H,14H2,1-2H3,(H,26,30). The molecule has 1 aliphatic rings. The van der Waals surface area contributed by atoms with E-state index in [1.165, 1.54) is 6.92 Å². The molecule has 150 valence electrons. The van der Waals surface area contributed by atoms with Crippen LogP contribution in [0.15, 0.2) is 54.6 Å². The highest BCUT2D eigenvalue weighted by Crippen LogP contribution is 2.32. The predicted molar refractivity (Wildman–Crippen MR) is 120 cm³/mol. The second-order valence-electron chi connectivity index (χ2n) is 7.00. The number of nitrogens with one attached hydrogen (secondary N) is 1. The van der Waals surface area contributed by atoms with Gasteiger partial charge in [0.2, 0.25) is 5.91 Å². The lowest BCUT2D eigenvalue weighted by Gasteiger charge is -2.25. The third-order valence-corrected chi connectivity index (χ3v) is 5.33. The van der Waals surface area contributed by atoms with Gasteiger partial charge in [-0.2, -0.15) is 0 Å². The van der Waals surface area contributed by atoms with Gasteiger partial charge in [0.15, 0.2) is 0 Å². The molecule has 1 aliphatic heterocycles. The van der Waals surface area contributed by atoms with Crippen molar-refractivity contribution in [1.82, 2.24) is 10.3 Å². The lowest BCUT2D eigenvalue weighted by molar-refractivity contribution is -0.116. The monoisotopic (exact) mass is 417 g/mol. The fourth-order valence-corrected chi connectivity index (χ4v) is 3.76. The second-order valence-corrected chi connectivity index (χ2v) is 7.44. The number of amides is 2. The van der Waals surface area contributed by atoms with Crippen molar-refractivity contribution < 1.29 is 9.59 Å². The molecule has 3 aromatic rings. The van der Waals surface area contributed by atoms with Gasteiger partial charge in [0.1, 0.15) is 0 Å². The Balaban J connectivity index is 1.84. The maximum atomic E-state index is 12.4. The van der Waals surface area contributed by atoms with Crippen LogP contribution in [-0.2, 0) is 11.3 Å². The summed E-state index contributed by atoms with van der Waals surface area (Å²) >= 11 is 6.16. The molecule has 0 saturated heterocycles. The summed E-state index contributed by atoms with van der Waals surface area (Å²) in [5, 5.41) is 3.28. The zero-order valence-corrected chi connectivity index (χ0v) is 17.4. The highest BCUT2D eigenvalue weighted by Gasteiger charge is 2.21. The SMILES string of the molecule is CNC(=O)c1ccccc1-c1ccc2c(n1)CN(C(C)=O)c1ccc(Cl)cc1C=C2. The van der Waals surface area contributed by atoms with Crippen LogP contribution in [0.5, 0.6) is 0 Å². The van der Waals surface area contributed by atoms with Crippen molar-refractivity contribution in [3.63, 3.8) is 0 Å². The van der Waals surface area contributed by atoms with Crippen LogP contribution in [0.4, 0.5) is 5.69 Å². The average molecular weight is 418 g/mol. The molecule has 0 radical (unpaired) electrons. The number of fused-ring (bicyclic) bond motifs is 2. The smallest absolute Gasteiger partial charge is 0.251 e. The van der Waals surface area contributed by atoms with Gasteiger partial charge >= 0.3 is 0 Å². The number of nitrogens with zero attached hydrogens (tertiary/aromatic N) is 2. The third kappa shape index (κ3) is 3.72. The molecular weight excluding hydrogens is 398 g/mol. The summed E-state index contributed by atoms with van der Waals surface area (Å²) in [7, 11) is 1.60. The molecule has 0 bridgehead atoms. The minimum Gasteiger partial charge on any atom is -0.355 e. The number of pyridine rings is 1. The number of carbonyl (C=O) groups excluding carboxylic acids is 2. The maximum absolute atomic E-state index is 12.4. The summed E-state index contributed by atoms with van der Waals surface area (Å²) < 4.78 is 0. The molecule has 0 fully saturated rings. The number of aromatic nitrogens is 1. The summed E-state index contributed by atoms with van der Waals surface area (Å²) in [6, 6.07) is 16.7. The molecule has 2 aromatic carbocycles. The number of hydrogen-bond donors (Lipinski definition) is 1. The second kappa shape index (κ2) is 8.13. The molecule has 0 aliphatic carbocycles. The van der Waals surface area contributed by atoms with E-state index < -0.39 is 0 Å². The van der Waals surface area contributed by atoms with E-state index in [0.717, 1.165) is 28.1 Å². The Bertz CT molecular complexity index is 1190. The van der Waals surface area contributed by atoms with E-state index >= 15 is 0 Å². The first-order valence-electron chi connectivity index (χ1n) is 9.55. The minimum absolute atomic E-state index is 0.0854. The third-order valence-electron chi connectivity index (χ3n) is 5.09. The van der Waals surface area contributed by atoms with Crippen LogP contribution in [0, 0.1) is 0 Å². The first kappa shape index (κ1) is 19.9. The number of halogens is 1. The fraction of sp³-hybridized carbons (Fsp3) is 0.125. The predicted octanol–water partition coefficient (Wildman–Crippen LogP) is 4.80. The van der Waals surface area contributed by atoms with E-state index in [4.69, 9.17) is 16.6 Å². The zero-order valence-electron chi connectivity index (χ0n) is 16.6. The summed E-state index contributed by atoms with van der Waals surface area (Å²) in [5.41, 5.74) is 5.30. The van der Waals surface area contributed by atoms with Crippen molar-refractivity contribution in [3.8, 4) is 11.3 Å². The molecule has 0 spiro atoms. The number of anilines is 1. The van der Waals surface area contributed by atoms with Crippen molar-refractivity contribution in [2.45, 2.75) is 13.5 Å². The van der Waals surface area contributed by atoms with Gasteiger partial charge in [-0.25, -0.2) is 0 Å². The molecule has 1 N–H and O–H groups in total. The van der Waals surface area contributed by atoms with E-state index in [-0.39, 0.29) is 11.8 Å². The first-order chi connectivity index (χ1) is 14.5. The molecule has 2 amide bonds. The highest BCUT2D eigenvalue weighted by molar-refractivity contribution is 6.30. The van der Waals surface area contributed by atoms with Crippen LogP contribution in [0.1, 0.15) is 34.1 Å². The van der Waals surface area contributed by atoms with Crippen LogP contribution in [0.25, 0.3) is 23.4 Å². The normalized spacial score (nSPS) is 12.4. The lowest BCUT2D eigenvalue weighted by atomic mass is 10.0. The first-order valence-corrected chi connectivity index (χ1v) is 9.93. The summed E-state index contributed by atoms with van der Waals surface area (Å²) in [4.78, 5) is 31.3. The molecular formula is C24H20ClN3O2. The van der Waals surface area contributed by atoms with Crippen LogP contribution in [-0.4, -0.2) is 23.8 Å². The Morgan fingerprint density at radius 3 is 2.57 bits per heavy atom. The average Bonchev–Trinajstić information content (AvgIpc) is 2.74. The fourth-order valence-electron chi connectivity index (χ4n) is 3.58. The van der Waals surface area contributed by atoms with Gasteiger partial charge in [0, 0.05) is 30.1 Å². The summed E-state index contributed by atoms with van der Waals surface area (Å²) in [6.45, 7) is 1.85. The Kier molecular flexibility index (Phi) is 5.38. The Hall–Kier alpha value is -3.44. The van der Waals surface area contributed by atoms with E-state index in [9.17, 15) is 9.59 Å². The molecule has 4 rings (SSSR count). The van der Waals surface area contributed by atoms with Gasteiger partial charge in [0.05, 0.1) is 23.6 Å². The van der Waals surface area contributed by atoms with E-state index in [1.807, 2.05) is 54.6 Å². The van der Waals surface area contributed by atoms with Gasteiger partial charge in [-0.05, 0) is 41.5 Å². The van der Waals surface area contributed by atoms with Gasteiger partial charge in [0.25, 0.3) is 5.91 Å². The number of carbonyl (C=O) groups is 2. The molecule has 5 nitrogen and oxygen atoms in total. The van der Waals surface area contributed by atoms with Crippen LogP contribution in [0.2, 0.25) is 5.02 Å². The van der Waals surface area contributed by atoms with Crippen molar-refractivity contribution in [2.75, 3.05) is 11.9 Å². The van der Waals surface area contributed by atoms with Crippen molar-refractivity contribution >= 4 is 41.3 Å². The molecule has 0 saturated carbocycles. The van der Waals surface area contributed by atoms with Crippen molar-refractivity contribution in [1.29, 1.82) is 0 Å². The molecule has 0 atom stereocenters. The van der Waals surface area contributed by atoms with Gasteiger partial charge in [-0.1, -0.05) is 48.0 Å². The number of hydrogen-bond acceptors (Lipinski definition) is 3. The maximum Gasteiger partial charge on any atom is 0.251 e. The summed E-state index contributed by atoms with van der Waals surface area (Å²) in [5.74, 6) is -0.256. The van der Waals surface area contributed by atoms with Crippen LogP contribution in [0.3, 0.4) is 0 Å². The van der Waals surface area contributed by atoms with Crippen LogP contribution < -0.4 is 10.2 Å².